The van der Waals surface area contributed by atoms with Crippen LogP contribution in [0.5, 0.6) is 0 Å². The molecule has 2 N–H and O–H groups in total. The number of aliphatic carboxylic acids is 1. The Morgan fingerprint density at radius 3 is 2.93 bits per heavy atom. The summed E-state index contributed by atoms with van der Waals surface area (Å²) in [6.07, 6.45) is 3.41. The Balaban J connectivity index is 2.27. The summed E-state index contributed by atoms with van der Waals surface area (Å²) < 4.78 is 5.69. The van der Waals surface area contributed by atoms with Gasteiger partial charge >= 0.3 is 0 Å². The van der Waals surface area contributed by atoms with Crippen LogP contribution in [0.2, 0.25) is 0 Å². The molecule has 1 aliphatic carbocycles. The van der Waals surface area contributed by atoms with Crippen LogP contribution >= 0.6 is 0 Å². The lowest BCUT2D eigenvalue weighted by Crippen LogP contribution is -2.86. The molecule has 15 heavy (non-hydrogen) atoms. The summed E-state index contributed by atoms with van der Waals surface area (Å²) in [7, 11) is 2.01. The molecule has 0 saturated heterocycles. The number of rotatable bonds is 5. The topological polar surface area (TPSA) is 66.0 Å². The molecule has 1 saturated carbocycles. The van der Waals surface area contributed by atoms with Crippen LogP contribution < -0.4 is 10.4 Å². The molecule has 88 valence electrons. The first-order chi connectivity index (χ1) is 7.13. The first-order valence-corrected chi connectivity index (χ1v) is 5.75. The number of likely N-dealkylation sites (N-methyl/N-ethyl adjacent to an activating group) is 1. The lowest BCUT2D eigenvalue weighted by Gasteiger charge is -2.30. The Hall–Kier alpha value is -0.610. The molecule has 0 aromatic heterocycles. The zero-order valence-corrected chi connectivity index (χ0v) is 9.57. The lowest BCUT2D eigenvalue weighted by molar-refractivity contribution is -0.662. The number of hydrogen-bond acceptors (Lipinski definition) is 3. The average Bonchev–Trinajstić information content (AvgIpc) is 2.26. The molecule has 0 aromatic carbocycles. The minimum Gasteiger partial charge on any atom is -0.550 e. The van der Waals surface area contributed by atoms with Crippen LogP contribution in [0.25, 0.3) is 0 Å². The summed E-state index contributed by atoms with van der Waals surface area (Å²) in [4.78, 5) is 10.7. The molecule has 0 radical (unpaired) electrons. The van der Waals surface area contributed by atoms with Crippen molar-refractivity contribution in [2.24, 2.45) is 5.92 Å². The maximum atomic E-state index is 10.7. The summed E-state index contributed by atoms with van der Waals surface area (Å²) in [5, 5.41) is 12.8. The summed E-state index contributed by atoms with van der Waals surface area (Å²) >= 11 is 0. The van der Waals surface area contributed by atoms with Gasteiger partial charge in [-0.15, -0.1) is 0 Å². The number of nitrogens with two attached hydrogens (primary N) is 1. The second-order valence-corrected chi connectivity index (χ2v) is 4.45. The van der Waals surface area contributed by atoms with Gasteiger partial charge in [0.25, 0.3) is 0 Å². The van der Waals surface area contributed by atoms with E-state index in [1.165, 1.54) is 0 Å². The molecule has 0 spiro atoms. The number of carbonyl (C=O) groups is 1. The van der Waals surface area contributed by atoms with Gasteiger partial charge in [0, 0.05) is 11.9 Å². The van der Waals surface area contributed by atoms with Crippen LogP contribution in [-0.2, 0) is 9.53 Å². The molecule has 0 bridgehead atoms. The highest BCUT2D eigenvalue weighted by Gasteiger charge is 2.23. The van der Waals surface area contributed by atoms with E-state index in [2.05, 4.69) is 12.2 Å². The Kier molecular flexibility index (Phi) is 5.05. The Morgan fingerprint density at radius 1 is 1.60 bits per heavy atom. The fourth-order valence-electron chi connectivity index (χ4n) is 1.89. The van der Waals surface area contributed by atoms with Crippen molar-refractivity contribution in [2.45, 2.75) is 44.8 Å². The SMILES string of the molecule is C[NH2+]C(C)COC1CCCC(C(=O)[O-])C1. The van der Waals surface area contributed by atoms with Crippen molar-refractivity contribution in [3.8, 4) is 0 Å². The second-order valence-electron chi connectivity index (χ2n) is 4.45. The van der Waals surface area contributed by atoms with Crippen LogP contribution in [0.15, 0.2) is 0 Å². The lowest BCUT2D eigenvalue weighted by atomic mass is 9.87. The monoisotopic (exact) mass is 215 g/mol. The highest BCUT2D eigenvalue weighted by atomic mass is 16.5. The number of carbonyl (C=O) groups excluding carboxylic acids is 1. The van der Waals surface area contributed by atoms with E-state index < -0.39 is 5.97 Å². The van der Waals surface area contributed by atoms with Gasteiger partial charge in [0.05, 0.1) is 19.8 Å². The summed E-state index contributed by atoms with van der Waals surface area (Å²) in [5.74, 6) is -1.22. The van der Waals surface area contributed by atoms with E-state index in [0.29, 0.717) is 19.1 Å². The first kappa shape index (κ1) is 12.5. The summed E-state index contributed by atoms with van der Waals surface area (Å²) in [5.41, 5.74) is 0. The van der Waals surface area contributed by atoms with Crippen molar-refractivity contribution >= 4 is 5.97 Å². The third kappa shape index (κ3) is 4.18. The van der Waals surface area contributed by atoms with E-state index in [9.17, 15) is 9.90 Å². The van der Waals surface area contributed by atoms with Crippen molar-refractivity contribution in [3.63, 3.8) is 0 Å². The first-order valence-electron chi connectivity index (χ1n) is 5.75. The van der Waals surface area contributed by atoms with Gasteiger partial charge in [0.2, 0.25) is 0 Å². The van der Waals surface area contributed by atoms with E-state index in [-0.39, 0.29) is 12.0 Å². The van der Waals surface area contributed by atoms with Gasteiger partial charge < -0.3 is 20.0 Å². The predicted octanol–water partition coefficient (Wildman–Crippen LogP) is -1.11. The molecule has 1 rings (SSSR count). The van der Waals surface area contributed by atoms with E-state index in [1.54, 1.807) is 0 Å². The number of carboxylic acids is 1. The third-order valence-corrected chi connectivity index (χ3v) is 3.12. The van der Waals surface area contributed by atoms with Gasteiger partial charge in [0.15, 0.2) is 0 Å². The predicted molar refractivity (Wildman–Crippen MR) is 54.0 cm³/mol. The largest absolute Gasteiger partial charge is 0.550 e. The Labute approximate surface area is 91.0 Å². The van der Waals surface area contributed by atoms with Crippen molar-refractivity contribution in [1.82, 2.24) is 0 Å². The maximum Gasteiger partial charge on any atom is 0.107 e. The second kappa shape index (κ2) is 6.08. The summed E-state index contributed by atoms with van der Waals surface area (Å²) in [6.45, 7) is 2.79. The van der Waals surface area contributed by atoms with Crippen LogP contribution in [0.1, 0.15) is 32.6 Å². The van der Waals surface area contributed by atoms with Gasteiger partial charge in [-0.3, -0.25) is 0 Å². The van der Waals surface area contributed by atoms with Crippen molar-refractivity contribution in [1.29, 1.82) is 0 Å². The third-order valence-electron chi connectivity index (χ3n) is 3.12. The molecule has 1 aliphatic rings. The molecule has 4 nitrogen and oxygen atoms in total. The zero-order chi connectivity index (χ0) is 11.3. The fourth-order valence-corrected chi connectivity index (χ4v) is 1.89. The van der Waals surface area contributed by atoms with Crippen molar-refractivity contribution < 1.29 is 20.0 Å². The standard InChI is InChI=1S/C11H21NO3/c1-8(12-2)7-15-10-5-3-4-9(6-10)11(13)14/h8-10,12H,3-7H2,1-2H3,(H,13,14). The van der Waals surface area contributed by atoms with E-state index in [4.69, 9.17) is 4.74 Å². The molecule has 0 aromatic rings. The fraction of sp³-hybridized carbons (Fsp3) is 0.909. The Morgan fingerprint density at radius 2 is 2.33 bits per heavy atom. The van der Waals surface area contributed by atoms with Crippen molar-refractivity contribution in [2.75, 3.05) is 13.7 Å². The number of quaternary nitrogens is 1. The van der Waals surface area contributed by atoms with Gasteiger partial charge in [0.1, 0.15) is 6.04 Å². The molecule has 1 fully saturated rings. The van der Waals surface area contributed by atoms with E-state index in [0.717, 1.165) is 19.3 Å². The molecule has 3 atom stereocenters. The highest BCUT2D eigenvalue weighted by molar-refractivity contribution is 5.67. The quantitative estimate of drug-likeness (QED) is 0.632. The molecule has 3 unspecified atom stereocenters. The summed E-state index contributed by atoms with van der Waals surface area (Å²) in [6, 6.07) is 0.438. The molecular weight excluding hydrogens is 194 g/mol. The van der Waals surface area contributed by atoms with E-state index >= 15 is 0 Å². The van der Waals surface area contributed by atoms with E-state index in [1.807, 2.05) is 7.05 Å². The molecule has 4 heteroatoms. The molecular formula is C11H21NO3. The molecule has 0 amide bonds. The number of carboxylic acid groups (broad SMARTS) is 1. The zero-order valence-electron chi connectivity index (χ0n) is 9.57. The smallest absolute Gasteiger partial charge is 0.107 e. The minimum atomic E-state index is -0.918. The van der Waals surface area contributed by atoms with Crippen molar-refractivity contribution in [3.05, 3.63) is 0 Å². The van der Waals surface area contributed by atoms with Crippen LogP contribution in [-0.4, -0.2) is 31.8 Å². The highest BCUT2D eigenvalue weighted by Crippen LogP contribution is 2.25. The normalized spacial score (nSPS) is 28.7. The minimum absolute atomic E-state index is 0.115. The van der Waals surface area contributed by atoms with Crippen LogP contribution in [0.3, 0.4) is 0 Å². The van der Waals surface area contributed by atoms with Gasteiger partial charge in [-0.2, -0.15) is 0 Å². The average molecular weight is 215 g/mol. The van der Waals surface area contributed by atoms with Gasteiger partial charge in [-0.25, -0.2) is 0 Å². The van der Waals surface area contributed by atoms with Crippen LogP contribution in [0.4, 0.5) is 0 Å². The molecule has 0 aliphatic heterocycles. The number of hydrogen-bond donors (Lipinski definition) is 1. The van der Waals surface area contributed by atoms with Crippen LogP contribution in [0, 0.1) is 5.92 Å². The van der Waals surface area contributed by atoms with Gasteiger partial charge in [-0.05, 0) is 26.2 Å². The molecule has 0 heterocycles. The maximum absolute atomic E-state index is 10.7. The Bertz CT molecular complexity index is 208. The number of ether oxygens (including phenoxy) is 1. The van der Waals surface area contributed by atoms with Gasteiger partial charge in [-0.1, -0.05) is 6.42 Å².